The Morgan fingerprint density at radius 2 is 2.00 bits per heavy atom. The summed E-state index contributed by atoms with van der Waals surface area (Å²) in [5, 5.41) is 13.9. The summed E-state index contributed by atoms with van der Waals surface area (Å²) in [7, 11) is 0. The van der Waals surface area contributed by atoms with Crippen molar-refractivity contribution in [3.63, 3.8) is 0 Å². The van der Waals surface area contributed by atoms with Gasteiger partial charge in [-0.2, -0.15) is 0 Å². The number of nitrogens with zero attached hydrogens (tertiary/aromatic N) is 2. The summed E-state index contributed by atoms with van der Waals surface area (Å²) >= 11 is 0. The SMILES string of the molecule is CC(=O)N1CCC2(CC1)C[C@](C)(O)[C@@H](NC(=O)CCc1ccncc1)CO2. The van der Waals surface area contributed by atoms with Crippen molar-refractivity contribution in [2.24, 2.45) is 0 Å². The molecule has 27 heavy (non-hydrogen) atoms. The third kappa shape index (κ3) is 4.84. The van der Waals surface area contributed by atoms with Crippen LogP contribution in [0.15, 0.2) is 24.5 Å². The summed E-state index contributed by atoms with van der Waals surface area (Å²) in [5.74, 6) is -0.0187. The molecule has 148 valence electrons. The smallest absolute Gasteiger partial charge is 0.220 e. The molecule has 0 aliphatic carbocycles. The number of amides is 2. The average Bonchev–Trinajstić information content (AvgIpc) is 2.63. The van der Waals surface area contributed by atoms with Crippen LogP contribution in [0.4, 0.5) is 0 Å². The summed E-state index contributed by atoms with van der Waals surface area (Å²) < 4.78 is 6.13. The van der Waals surface area contributed by atoms with E-state index in [1.54, 1.807) is 26.2 Å². The Kier molecular flexibility index (Phi) is 5.81. The molecule has 2 amide bonds. The van der Waals surface area contributed by atoms with E-state index >= 15 is 0 Å². The number of likely N-dealkylation sites (tertiary alicyclic amines) is 1. The highest BCUT2D eigenvalue weighted by molar-refractivity contribution is 5.76. The van der Waals surface area contributed by atoms with Gasteiger partial charge in [-0.1, -0.05) is 0 Å². The summed E-state index contributed by atoms with van der Waals surface area (Å²) in [6.07, 6.45) is 6.30. The third-order valence-electron chi connectivity index (χ3n) is 5.83. The number of piperidine rings is 1. The molecule has 2 N–H and O–H groups in total. The molecule has 3 heterocycles. The quantitative estimate of drug-likeness (QED) is 0.821. The monoisotopic (exact) mass is 375 g/mol. The van der Waals surface area contributed by atoms with Gasteiger partial charge in [-0.15, -0.1) is 0 Å². The first-order chi connectivity index (χ1) is 12.8. The second-order valence-corrected chi connectivity index (χ2v) is 8.01. The number of hydrogen-bond acceptors (Lipinski definition) is 5. The molecule has 1 aromatic rings. The summed E-state index contributed by atoms with van der Waals surface area (Å²) in [6.45, 7) is 4.92. The first-order valence-electron chi connectivity index (χ1n) is 9.60. The average molecular weight is 375 g/mol. The number of carbonyl (C=O) groups is 2. The standard InChI is InChI=1S/C20H29N3O4/c1-15(24)23-11-7-20(8-12-23)14-19(2,26)17(13-27-20)22-18(25)4-3-16-5-9-21-10-6-16/h5-6,9-10,17,26H,3-4,7-8,11-14H2,1-2H3,(H,22,25)/t17-,19-/m0/s1. The van der Waals surface area contributed by atoms with Crippen molar-refractivity contribution >= 4 is 11.8 Å². The van der Waals surface area contributed by atoms with E-state index in [0.717, 1.165) is 5.56 Å². The number of rotatable bonds is 4. The Morgan fingerprint density at radius 1 is 1.33 bits per heavy atom. The van der Waals surface area contributed by atoms with Crippen LogP contribution in [0.5, 0.6) is 0 Å². The van der Waals surface area contributed by atoms with Crippen molar-refractivity contribution in [3.8, 4) is 0 Å². The molecule has 2 aliphatic rings. The molecule has 7 heteroatoms. The highest BCUT2D eigenvalue weighted by atomic mass is 16.5. The molecule has 2 aliphatic heterocycles. The maximum absolute atomic E-state index is 12.3. The normalized spacial score (nSPS) is 27.4. The minimum Gasteiger partial charge on any atom is -0.388 e. The van der Waals surface area contributed by atoms with E-state index in [4.69, 9.17) is 4.74 Å². The van der Waals surface area contributed by atoms with Gasteiger partial charge < -0.3 is 20.1 Å². The van der Waals surface area contributed by atoms with Crippen LogP contribution in [0.3, 0.4) is 0 Å². The van der Waals surface area contributed by atoms with Gasteiger partial charge in [-0.05, 0) is 43.9 Å². The molecule has 1 spiro atoms. The highest BCUT2D eigenvalue weighted by Crippen LogP contribution is 2.39. The van der Waals surface area contributed by atoms with Gasteiger partial charge >= 0.3 is 0 Å². The van der Waals surface area contributed by atoms with E-state index in [-0.39, 0.29) is 18.4 Å². The lowest BCUT2D eigenvalue weighted by Crippen LogP contribution is -2.64. The molecule has 2 fully saturated rings. The number of nitrogens with one attached hydrogen (secondary N) is 1. The van der Waals surface area contributed by atoms with Gasteiger partial charge in [-0.3, -0.25) is 14.6 Å². The predicted octanol–water partition coefficient (Wildman–Crippen LogP) is 1.05. The number of aryl methyl sites for hydroxylation is 1. The lowest BCUT2D eigenvalue weighted by Gasteiger charge is -2.51. The Bertz CT molecular complexity index is 669. The number of pyridine rings is 1. The van der Waals surface area contributed by atoms with E-state index in [2.05, 4.69) is 10.3 Å². The van der Waals surface area contributed by atoms with Crippen LogP contribution in [0, 0.1) is 0 Å². The fourth-order valence-electron chi connectivity index (χ4n) is 4.09. The largest absolute Gasteiger partial charge is 0.388 e. The number of aromatic nitrogens is 1. The van der Waals surface area contributed by atoms with Crippen molar-refractivity contribution in [2.75, 3.05) is 19.7 Å². The first kappa shape index (κ1) is 19.8. The van der Waals surface area contributed by atoms with Crippen molar-refractivity contribution in [1.29, 1.82) is 0 Å². The molecule has 2 atom stereocenters. The predicted molar refractivity (Wildman–Crippen MR) is 99.9 cm³/mol. The lowest BCUT2D eigenvalue weighted by atomic mass is 9.75. The van der Waals surface area contributed by atoms with Crippen LogP contribution < -0.4 is 5.32 Å². The molecule has 2 saturated heterocycles. The van der Waals surface area contributed by atoms with E-state index < -0.39 is 17.2 Å². The van der Waals surface area contributed by atoms with Crippen molar-refractivity contribution in [3.05, 3.63) is 30.1 Å². The Balaban J connectivity index is 1.52. The van der Waals surface area contributed by atoms with E-state index in [1.165, 1.54) is 0 Å². The number of aliphatic hydroxyl groups is 1. The minimum absolute atomic E-state index is 0.0757. The third-order valence-corrected chi connectivity index (χ3v) is 5.83. The molecule has 0 bridgehead atoms. The lowest BCUT2D eigenvalue weighted by molar-refractivity contribution is -0.190. The maximum Gasteiger partial charge on any atom is 0.220 e. The van der Waals surface area contributed by atoms with Crippen LogP contribution in [-0.4, -0.2) is 63.7 Å². The van der Waals surface area contributed by atoms with Crippen LogP contribution in [0.2, 0.25) is 0 Å². The van der Waals surface area contributed by atoms with Gasteiger partial charge in [0.05, 0.1) is 23.9 Å². The number of carbonyl (C=O) groups excluding carboxylic acids is 2. The van der Waals surface area contributed by atoms with E-state index in [0.29, 0.717) is 45.2 Å². The second kappa shape index (κ2) is 7.94. The molecule has 0 unspecified atom stereocenters. The van der Waals surface area contributed by atoms with Gasteiger partial charge in [0.2, 0.25) is 11.8 Å². The zero-order valence-electron chi connectivity index (χ0n) is 16.1. The van der Waals surface area contributed by atoms with Crippen LogP contribution in [0.1, 0.15) is 45.1 Å². The van der Waals surface area contributed by atoms with Gasteiger partial charge in [0.25, 0.3) is 0 Å². The Labute approximate surface area is 160 Å². The van der Waals surface area contributed by atoms with Crippen LogP contribution >= 0.6 is 0 Å². The van der Waals surface area contributed by atoms with E-state index in [9.17, 15) is 14.7 Å². The van der Waals surface area contributed by atoms with Gasteiger partial charge in [-0.25, -0.2) is 0 Å². The molecule has 7 nitrogen and oxygen atoms in total. The van der Waals surface area contributed by atoms with Gasteiger partial charge in [0, 0.05) is 45.2 Å². The highest BCUT2D eigenvalue weighted by Gasteiger charge is 2.49. The zero-order valence-corrected chi connectivity index (χ0v) is 16.1. The minimum atomic E-state index is -1.04. The van der Waals surface area contributed by atoms with Crippen molar-refractivity contribution < 1.29 is 19.4 Å². The molecule has 3 rings (SSSR count). The molecule has 0 aromatic carbocycles. The molecular formula is C20H29N3O4. The summed E-state index contributed by atoms with van der Waals surface area (Å²) in [4.78, 5) is 29.6. The van der Waals surface area contributed by atoms with Crippen molar-refractivity contribution in [2.45, 2.75) is 63.2 Å². The molecule has 0 saturated carbocycles. The van der Waals surface area contributed by atoms with Crippen LogP contribution in [-0.2, 0) is 20.7 Å². The maximum atomic E-state index is 12.3. The number of hydrogen-bond donors (Lipinski definition) is 2. The topological polar surface area (TPSA) is 91.8 Å². The Hall–Kier alpha value is -1.99. The second-order valence-electron chi connectivity index (χ2n) is 8.01. The molecular weight excluding hydrogens is 346 g/mol. The van der Waals surface area contributed by atoms with Crippen LogP contribution in [0.25, 0.3) is 0 Å². The fourth-order valence-corrected chi connectivity index (χ4v) is 4.09. The summed E-state index contributed by atoms with van der Waals surface area (Å²) in [5.41, 5.74) is -0.389. The molecule has 0 radical (unpaired) electrons. The van der Waals surface area contributed by atoms with Gasteiger partial charge in [0.1, 0.15) is 0 Å². The van der Waals surface area contributed by atoms with Gasteiger partial charge in [0.15, 0.2) is 0 Å². The van der Waals surface area contributed by atoms with Crippen molar-refractivity contribution in [1.82, 2.24) is 15.2 Å². The zero-order chi connectivity index (χ0) is 19.5. The fraction of sp³-hybridized carbons (Fsp3) is 0.650. The summed E-state index contributed by atoms with van der Waals surface area (Å²) in [6, 6.07) is 3.35. The first-order valence-corrected chi connectivity index (χ1v) is 9.60. The molecule has 1 aromatic heterocycles. The Morgan fingerprint density at radius 3 is 2.59 bits per heavy atom. The van der Waals surface area contributed by atoms with E-state index in [1.807, 2.05) is 17.0 Å². The number of ether oxygens (including phenoxy) is 1.